The van der Waals surface area contributed by atoms with E-state index < -0.39 is 0 Å². The summed E-state index contributed by atoms with van der Waals surface area (Å²) in [6.45, 7) is 14.9. The van der Waals surface area contributed by atoms with Crippen LogP contribution >= 0.6 is 24.0 Å². The van der Waals surface area contributed by atoms with Crippen molar-refractivity contribution < 1.29 is 4.74 Å². The molecule has 1 aromatic rings. The van der Waals surface area contributed by atoms with Crippen LogP contribution in [0.25, 0.3) is 0 Å². The monoisotopic (exact) mass is 549 g/mol. The molecule has 1 aliphatic rings. The van der Waals surface area contributed by atoms with Crippen molar-refractivity contribution in [3.8, 4) is 0 Å². The highest BCUT2D eigenvalue weighted by Gasteiger charge is 2.10. The Morgan fingerprint density at radius 1 is 1.10 bits per heavy atom. The second-order valence-electron chi connectivity index (χ2n) is 8.43. The number of rotatable bonds is 14. The highest BCUT2D eigenvalue weighted by Crippen LogP contribution is 2.09. The number of nitrogens with one attached hydrogen (secondary N) is 2. The number of hydrogen-bond donors (Lipinski definition) is 2. The van der Waals surface area contributed by atoms with Crippen molar-refractivity contribution in [1.29, 1.82) is 0 Å². The van der Waals surface area contributed by atoms with E-state index in [1.54, 1.807) is 6.33 Å². The van der Waals surface area contributed by atoms with Gasteiger partial charge in [-0.2, -0.15) is 0 Å². The molecule has 0 unspecified atom stereocenters. The van der Waals surface area contributed by atoms with Crippen molar-refractivity contribution in [2.45, 2.75) is 65.8 Å². The van der Waals surface area contributed by atoms with Crippen LogP contribution in [0.5, 0.6) is 0 Å². The molecule has 0 amide bonds. The fraction of sp³-hybridized carbons (Fsp3) is 0.864. The van der Waals surface area contributed by atoms with Crippen molar-refractivity contribution in [2.75, 3.05) is 52.5 Å². The summed E-state index contributed by atoms with van der Waals surface area (Å²) in [5, 5.41) is 15.2. The van der Waals surface area contributed by atoms with Crippen LogP contribution in [0.2, 0.25) is 0 Å². The first-order valence-corrected chi connectivity index (χ1v) is 11.9. The van der Waals surface area contributed by atoms with Crippen LogP contribution < -0.4 is 10.6 Å². The molecular weight excluding hydrogens is 505 g/mol. The number of unbranched alkanes of at least 4 members (excludes halogenated alkanes) is 3. The first-order chi connectivity index (χ1) is 14.7. The van der Waals surface area contributed by atoms with E-state index in [2.05, 4.69) is 51.1 Å². The molecule has 2 N–H and O–H groups in total. The molecule has 0 aliphatic carbocycles. The van der Waals surface area contributed by atoms with Gasteiger partial charge in [0.25, 0.3) is 0 Å². The molecule has 2 rings (SSSR count). The first-order valence-electron chi connectivity index (χ1n) is 11.9. The summed E-state index contributed by atoms with van der Waals surface area (Å²) in [7, 11) is 0. The van der Waals surface area contributed by atoms with Gasteiger partial charge in [-0.05, 0) is 12.3 Å². The molecule has 180 valence electrons. The van der Waals surface area contributed by atoms with Gasteiger partial charge in [0, 0.05) is 52.2 Å². The van der Waals surface area contributed by atoms with Gasteiger partial charge in [-0.25, -0.2) is 0 Å². The maximum atomic E-state index is 5.43. The molecule has 1 aliphatic heterocycles. The van der Waals surface area contributed by atoms with E-state index in [9.17, 15) is 0 Å². The normalized spacial score (nSPS) is 15.2. The predicted molar refractivity (Wildman–Crippen MR) is 138 cm³/mol. The third kappa shape index (κ3) is 12.6. The van der Waals surface area contributed by atoms with Gasteiger partial charge in [-0.15, -0.1) is 34.2 Å². The molecule has 0 spiro atoms. The number of halogens is 1. The van der Waals surface area contributed by atoms with E-state index in [-0.39, 0.29) is 24.0 Å². The minimum Gasteiger partial charge on any atom is -0.379 e. The second kappa shape index (κ2) is 17.6. The van der Waals surface area contributed by atoms with Crippen molar-refractivity contribution in [3.05, 3.63) is 12.2 Å². The number of guanidine groups is 1. The molecule has 0 saturated carbocycles. The number of aliphatic imine (C=N–C) groups is 1. The molecule has 9 heteroatoms. The first kappa shape index (κ1) is 28.1. The lowest BCUT2D eigenvalue weighted by atomic mass is 10.0. The molecule has 0 bridgehead atoms. The zero-order chi connectivity index (χ0) is 21.4. The minimum atomic E-state index is 0. The van der Waals surface area contributed by atoms with Crippen LogP contribution in [0, 0.1) is 5.92 Å². The average molecular weight is 550 g/mol. The predicted octanol–water partition coefficient (Wildman–Crippen LogP) is 2.93. The Bertz CT molecular complexity index is 588. The van der Waals surface area contributed by atoms with Crippen molar-refractivity contribution in [2.24, 2.45) is 10.9 Å². The van der Waals surface area contributed by atoms with E-state index in [4.69, 9.17) is 9.73 Å². The van der Waals surface area contributed by atoms with Gasteiger partial charge in [-0.3, -0.25) is 9.89 Å². The standard InChI is InChI=1S/C22H43N7O.HI/c1-4-21-27-26-19-29(21)14-12-25-22(23-10-8-6-5-7-9-20(2)3)24-11-13-28-15-17-30-18-16-28;/h19-20H,4-18H2,1-3H3,(H2,23,24,25);1H. The summed E-state index contributed by atoms with van der Waals surface area (Å²) in [6.07, 6.45) is 9.10. The molecule has 0 atom stereocenters. The Balaban J connectivity index is 0.00000480. The number of nitrogens with zero attached hydrogens (tertiary/aromatic N) is 5. The van der Waals surface area contributed by atoms with Crippen LogP contribution in [-0.2, 0) is 17.7 Å². The Kier molecular flexibility index (Phi) is 15.9. The molecule has 8 nitrogen and oxygen atoms in total. The number of hydrogen-bond acceptors (Lipinski definition) is 5. The van der Waals surface area contributed by atoms with Gasteiger partial charge >= 0.3 is 0 Å². The molecule has 2 heterocycles. The SMILES string of the molecule is CCc1nncn1CCNC(=NCCCCCCC(C)C)NCCN1CCOCC1.I. The van der Waals surface area contributed by atoms with Crippen molar-refractivity contribution in [1.82, 2.24) is 30.3 Å². The lowest BCUT2D eigenvalue weighted by molar-refractivity contribution is 0.0389. The van der Waals surface area contributed by atoms with Crippen LogP contribution in [0.3, 0.4) is 0 Å². The third-order valence-electron chi connectivity index (χ3n) is 5.44. The van der Waals surface area contributed by atoms with E-state index in [1.165, 1.54) is 25.7 Å². The van der Waals surface area contributed by atoms with Crippen LogP contribution in [0.15, 0.2) is 11.3 Å². The maximum absolute atomic E-state index is 5.43. The minimum absolute atomic E-state index is 0. The number of aryl methyl sites for hydroxylation is 1. The molecule has 1 fully saturated rings. The van der Waals surface area contributed by atoms with Gasteiger partial charge in [0.05, 0.1) is 13.2 Å². The summed E-state index contributed by atoms with van der Waals surface area (Å²) in [4.78, 5) is 7.25. The lowest BCUT2D eigenvalue weighted by Gasteiger charge is -2.26. The summed E-state index contributed by atoms with van der Waals surface area (Å²) in [5.74, 6) is 2.75. The molecule has 1 aromatic heterocycles. The fourth-order valence-electron chi connectivity index (χ4n) is 3.57. The van der Waals surface area contributed by atoms with E-state index >= 15 is 0 Å². The van der Waals surface area contributed by atoms with Gasteiger partial charge in [0.2, 0.25) is 0 Å². The van der Waals surface area contributed by atoms with Crippen molar-refractivity contribution in [3.63, 3.8) is 0 Å². The van der Waals surface area contributed by atoms with E-state index in [0.717, 1.165) is 89.6 Å². The Morgan fingerprint density at radius 3 is 2.52 bits per heavy atom. The van der Waals surface area contributed by atoms with Crippen LogP contribution in [0.1, 0.15) is 58.7 Å². The number of aromatic nitrogens is 3. The van der Waals surface area contributed by atoms with Gasteiger partial charge in [-0.1, -0.05) is 46.5 Å². The highest BCUT2D eigenvalue weighted by molar-refractivity contribution is 14.0. The average Bonchev–Trinajstić information content (AvgIpc) is 3.20. The van der Waals surface area contributed by atoms with Gasteiger partial charge < -0.3 is 19.9 Å². The van der Waals surface area contributed by atoms with Crippen LogP contribution in [-0.4, -0.2) is 78.1 Å². The highest BCUT2D eigenvalue weighted by atomic mass is 127. The fourth-order valence-corrected chi connectivity index (χ4v) is 3.57. The zero-order valence-electron chi connectivity index (χ0n) is 19.8. The molecular formula is C22H44IN7O. The summed E-state index contributed by atoms with van der Waals surface area (Å²) in [6, 6.07) is 0. The summed E-state index contributed by atoms with van der Waals surface area (Å²) in [5.41, 5.74) is 0. The smallest absolute Gasteiger partial charge is 0.191 e. The van der Waals surface area contributed by atoms with E-state index in [1.807, 2.05) is 0 Å². The second-order valence-corrected chi connectivity index (χ2v) is 8.43. The summed E-state index contributed by atoms with van der Waals surface area (Å²) < 4.78 is 7.53. The van der Waals surface area contributed by atoms with Gasteiger partial charge in [0.15, 0.2) is 5.96 Å². The number of morpholine rings is 1. The Hall–Kier alpha value is -0.940. The van der Waals surface area contributed by atoms with E-state index in [0.29, 0.717) is 0 Å². The maximum Gasteiger partial charge on any atom is 0.191 e. The Labute approximate surface area is 206 Å². The number of ether oxygens (including phenoxy) is 1. The zero-order valence-corrected chi connectivity index (χ0v) is 22.1. The quantitative estimate of drug-likeness (QED) is 0.161. The lowest BCUT2D eigenvalue weighted by Crippen LogP contribution is -2.45. The molecule has 0 aromatic carbocycles. The Morgan fingerprint density at radius 2 is 1.81 bits per heavy atom. The third-order valence-corrected chi connectivity index (χ3v) is 5.44. The van der Waals surface area contributed by atoms with Crippen molar-refractivity contribution >= 4 is 29.9 Å². The van der Waals surface area contributed by atoms with Crippen LogP contribution in [0.4, 0.5) is 0 Å². The largest absolute Gasteiger partial charge is 0.379 e. The molecule has 0 radical (unpaired) electrons. The molecule has 31 heavy (non-hydrogen) atoms. The topological polar surface area (TPSA) is 79.6 Å². The van der Waals surface area contributed by atoms with Gasteiger partial charge in [0.1, 0.15) is 12.2 Å². The summed E-state index contributed by atoms with van der Waals surface area (Å²) >= 11 is 0. The molecule has 1 saturated heterocycles.